The fourth-order valence-electron chi connectivity index (χ4n) is 3.54. The summed E-state index contributed by atoms with van der Waals surface area (Å²) in [6.45, 7) is 9.43. The Hall–Kier alpha value is -1.47. The van der Waals surface area contributed by atoms with Gasteiger partial charge >= 0.3 is 0 Å². The molecule has 2 aliphatic heterocycles. The summed E-state index contributed by atoms with van der Waals surface area (Å²) in [4.78, 5) is 17.1. The summed E-state index contributed by atoms with van der Waals surface area (Å²) in [7, 11) is 0. The van der Waals surface area contributed by atoms with E-state index in [1.54, 1.807) is 0 Å². The van der Waals surface area contributed by atoms with E-state index in [2.05, 4.69) is 50.8 Å². The van der Waals surface area contributed by atoms with E-state index in [9.17, 15) is 4.79 Å². The SMILES string of the molecule is O=C(NCCCCN1CCN(Cc2ccccc2)CC1)C1COCCN1. The minimum atomic E-state index is -0.179. The van der Waals surface area contributed by atoms with Crippen LogP contribution in [-0.4, -0.2) is 80.8 Å². The molecule has 0 bridgehead atoms. The molecule has 1 aromatic carbocycles. The Morgan fingerprint density at radius 1 is 1.12 bits per heavy atom. The van der Waals surface area contributed by atoms with Crippen LogP contribution in [0.3, 0.4) is 0 Å². The van der Waals surface area contributed by atoms with E-state index in [0.29, 0.717) is 13.2 Å². The molecule has 0 saturated carbocycles. The van der Waals surface area contributed by atoms with Gasteiger partial charge < -0.3 is 20.3 Å². The maximum atomic E-state index is 12.0. The molecule has 2 N–H and O–H groups in total. The summed E-state index contributed by atoms with van der Waals surface area (Å²) >= 11 is 0. The second-order valence-corrected chi connectivity index (χ2v) is 7.18. The molecule has 1 aromatic rings. The maximum absolute atomic E-state index is 12.0. The zero-order valence-electron chi connectivity index (χ0n) is 15.7. The Balaban J connectivity index is 1.22. The van der Waals surface area contributed by atoms with Crippen LogP contribution in [0.15, 0.2) is 30.3 Å². The third-order valence-corrected chi connectivity index (χ3v) is 5.15. The number of hydrogen-bond donors (Lipinski definition) is 2. The van der Waals surface area contributed by atoms with E-state index in [1.807, 2.05) is 0 Å². The first-order valence-corrected chi connectivity index (χ1v) is 9.89. The second kappa shape index (κ2) is 10.6. The minimum absolute atomic E-state index is 0.0687. The highest BCUT2D eigenvalue weighted by Gasteiger charge is 2.20. The molecule has 2 aliphatic rings. The summed E-state index contributed by atoms with van der Waals surface area (Å²) in [6, 6.07) is 10.5. The fraction of sp³-hybridized carbons (Fsp3) is 0.650. The topological polar surface area (TPSA) is 56.8 Å². The standard InChI is InChI=1S/C20H32N4O2/c25-20(19-17-26-15-9-21-19)22-8-4-5-10-23-11-13-24(14-12-23)16-18-6-2-1-3-7-18/h1-3,6-7,19,21H,4-5,8-17H2,(H,22,25). The van der Waals surface area contributed by atoms with Gasteiger partial charge in [0.15, 0.2) is 0 Å². The van der Waals surface area contributed by atoms with Gasteiger partial charge in [0.2, 0.25) is 5.91 Å². The van der Waals surface area contributed by atoms with E-state index in [1.165, 1.54) is 5.56 Å². The first-order valence-electron chi connectivity index (χ1n) is 9.89. The number of morpholine rings is 1. The van der Waals surface area contributed by atoms with Crippen molar-refractivity contribution in [3.05, 3.63) is 35.9 Å². The number of unbranched alkanes of at least 4 members (excludes halogenated alkanes) is 1. The predicted molar refractivity (Wildman–Crippen MR) is 103 cm³/mol. The zero-order valence-corrected chi connectivity index (χ0v) is 15.7. The number of benzene rings is 1. The molecule has 2 fully saturated rings. The molecule has 6 nitrogen and oxygen atoms in total. The Morgan fingerprint density at radius 3 is 2.62 bits per heavy atom. The van der Waals surface area contributed by atoms with Crippen molar-refractivity contribution < 1.29 is 9.53 Å². The van der Waals surface area contributed by atoms with Crippen molar-refractivity contribution in [2.24, 2.45) is 0 Å². The molecule has 26 heavy (non-hydrogen) atoms. The summed E-state index contributed by atoms with van der Waals surface area (Å²) < 4.78 is 5.32. The van der Waals surface area contributed by atoms with Gasteiger partial charge in [0, 0.05) is 45.8 Å². The molecule has 0 spiro atoms. The van der Waals surface area contributed by atoms with Crippen molar-refractivity contribution in [1.82, 2.24) is 20.4 Å². The van der Waals surface area contributed by atoms with Gasteiger partial charge in [0.05, 0.1) is 13.2 Å². The van der Waals surface area contributed by atoms with Crippen molar-refractivity contribution in [3.63, 3.8) is 0 Å². The smallest absolute Gasteiger partial charge is 0.239 e. The van der Waals surface area contributed by atoms with Crippen LogP contribution in [-0.2, 0) is 16.1 Å². The van der Waals surface area contributed by atoms with Crippen LogP contribution in [0.4, 0.5) is 0 Å². The van der Waals surface area contributed by atoms with Gasteiger partial charge in [-0.1, -0.05) is 30.3 Å². The van der Waals surface area contributed by atoms with Gasteiger partial charge in [-0.2, -0.15) is 0 Å². The van der Waals surface area contributed by atoms with Gasteiger partial charge in [0.1, 0.15) is 6.04 Å². The molecule has 1 unspecified atom stereocenters. The lowest BCUT2D eigenvalue weighted by atomic mass is 10.2. The van der Waals surface area contributed by atoms with E-state index in [-0.39, 0.29) is 11.9 Å². The van der Waals surface area contributed by atoms with Crippen molar-refractivity contribution in [2.75, 3.05) is 59.0 Å². The van der Waals surface area contributed by atoms with Gasteiger partial charge in [-0.25, -0.2) is 0 Å². The van der Waals surface area contributed by atoms with Crippen molar-refractivity contribution >= 4 is 5.91 Å². The highest BCUT2D eigenvalue weighted by Crippen LogP contribution is 2.09. The van der Waals surface area contributed by atoms with Crippen LogP contribution in [0.25, 0.3) is 0 Å². The molecule has 6 heteroatoms. The molecule has 0 aromatic heterocycles. The first-order chi connectivity index (χ1) is 12.8. The number of nitrogens with one attached hydrogen (secondary N) is 2. The Labute approximate surface area is 156 Å². The molecule has 144 valence electrons. The normalized spacial score (nSPS) is 22.2. The first kappa shape index (κ1) is 19.3. The monoisotopic (exact) mass is 360 g/mol. The lowest BCUT2D eigenvalue weighted by Gasteiger charge is -2.34. The predicted octanol–water partition coefficient (Wildman–Crippen LogP) is 0.689. The summed E-state index contributed by atoms with van der Waals surface area (Å²) in [6.07, 6.45) is 2.16. The lowest BCUT2D eigenvalue weighted by Crippen LogP contribution is -2.51. The average Bonchev–Trinajstić information content (AvgIpc) is 2.70. The highest BCUT2D eigenvalue weighted by molar-refractivity contribution is 5.81. The number of nitrogens with zero attached hydrogens (tertiary/aromatic N) is 2. The highest BCUT2D eigenvalue weighted by atomic mass is 16.5. The third kappa shape index (κ3) is 6.36. The summed E-state index contributed by atoms with van der Waals surface area (Å²) in [5, 5.41) is 6.20. The van der Waals surface area contributed by atoms with Crippen LogP contribution in [0.2, 0.25) is 0 Å². The van der Waals surface area contributed by atoms with Gasteiger partial charge in [0.25, 0.3) is 0 Å². The van der Waals surface area contributed by atoms with Crippen LogP contribution in [0.1, 0.15) is 18.4 Å². The number of carbonyl (C=O) groups is 1. The zero-order chi connectivity index (χ0) is 18.0. The number of rotatable bonds is 8. The number of ether oxygens (including phenoxy) is 1. The van der Waals surface area contributed by atoms with Crippen molar-refractivity contribution in [2.45, 2.75) is 25.4 Å². The van der Waals surface area contributed by atoms with Gasteiger partial charge in [-0.15, -0.1) is 0 Å². The molecule has 2 heterocycles. The molecule has 3 rings (SSSR count). The summed E-state index contributed by atoms with van der Waals surface area (Å²) in [5.74, 6) is 0.0687. The third-order valence-electron chi connectivity index (χ3n) is 5.15. The molecule has 0 radical (unpaired) electrons. The molecule has 1 atom stereocenters. The summed E-state index contributed by atoms with van der Waals surface area (Å²) in [5.41, 5.74) is 1.40. The average molecular weight is 361 g/mol. The van der Waals surface area contributed by atoms with Crippen LogP contribution >= 0.6 is 0 Å². The fourth-order valence-corrected chi connectivity index (χ4v) is 3.54. The van der Waals surface area contributed by atoms with Crippen LogP contribution < -0.4 is 10.6 Å². The van der Waals surface area contributed by atoms with E-state index >= 15 is 0 Å². The van der Waals surface area contributed by atoms with E-state index in [0.717, 1.165) is 65.2 Å². The van der Waals surface area contributed by atoms with E-state index < -0.39 is 0 Å². The molecule has 2 saturated heterocycles. The Bertz CT molecular complexity index is 526. The molecular formula is C20H32N4O2. The van der Waals surface area contributed by atoms with Crippen molar-refractivity contribution in [3.8, 4) is 0 Å². The van der Waals surface area contributed by atoms with Crippen LogP contribution in [0.5, 0.6) is 0 Å². The number of hydrogen-bond acceptors (Lipinski definition) is 5. The van der Waals surface area contributed by atoms with Crippen molar-refractivity contribution in [1.29, 1.82) is 0 Å². The number of carbonyl (C=O) groups excluding carboxylic acids is 1. The molecule has 1 amide bonds. The maximum Gasteiger partial charge on any atom is 0.239 e. The lowest BCUT2D eigenvalue weighted by molar-refractivity contribution is -0.125. The van der Waals surface area contributed by atoms with Crippen LogP contribution in [0, 0.1) is 0 Å². The Morgan fingerprint density at radius 2 is 1.88 bits per heavy atom. The number of piperazine rings is 1. The molecular weight excluding hydrogens is 328 g/mol. The number of amides is 1. The van der Waals surface area contributed by atoms with Gasteiger partial charge in [-0.3, -0.25) is 9.69 Å². The quantitative estimate of drug-likeness (QED) is 0.668. The molecule has 0 aliphatic carbocycles. The Kier molecular flexibility index (Phi) is 7.88. The van der Waals surface area contributed by atoms with E-state index in [4.69, 9.17) is 4.74 Å². The largest absolute Gasteiger partial charge is 0.378 e. The second-order valence-electron chi connectivity index (χ2n) is 7.18. The van der Waals surface area contributed by atoms with Gasteiger partial charge in [-0.05, 0) is 24.9 Å². The minimum Gasteiger partial charge on any atom is -0.378 e.